The zero-order valence-electron chi connectivity index (χ0n) is 15.5. The molecule has 1 unspecified atom stereocenters. The molecule has 0 amide bonds. The summed E-state index contributed by atoms with van der Waals surface area (Å²) in [7, 11) is -3.34. The standard InChI is InChI=1S/C16H33N5O4S/c17-16(18-5-3-7-21-8-11-24-12-9-21)19-6-13-26(22,23)20-14-15-4-1-2-10-25-15/h15,20H,1-14H2,(H3,17,18,19). The van der Waals surface area contributed by atoms with E-state index in [1.54, 1.807) is 0 Å². The molecular formula is C16H33N5O4S. The largest absolute Gasteiger partial charge is 0.379 e. The van der Waals surface area contributed by atoms with Gasteiger partial charge >= 0.3 is 0 Å². The number of nitrogens with two attached hydrogens (primary N) is 1. The van der Waals surface area contributed by atoms with Gasteiger partial charge in [0.15, 0.2) is 5.96 Å². The Morgan fingerprint density at radius 1 is 1.23 bits per heavy atom. The number of rotatable bonds is 10. The van der Waals surface area contributed by atoms with Gasteiger partial charge in [0.05, 0.1) is 25.1 Å². The summed E-state index contributed by atoms with van der Waals surface area (Å²) in [5.41, 5.74) is 5.78. The van der Waals surface area contributed by atoms with Gasteiger partial charge in [-0.15, -0.1) is 0 Å². The van der Waals surface area contributed by atoms with Crippen molar-refractivity contribution in [2.24, 2.45) is 10.7 Å². The van der Waals surface area contributed by atoms with Gasteiger partial charge in [-0.3, -0.25) is 9.89 Å². The molecule has 0 aromatic rings. The Balaban J connectivity index is 1.53. The molecule has 4 N–H and O–H groups in total. The molecule has 0 aromatic carbocycles. The van der Waals surface area contributed by atoms with E-state index in [1.165, 1.54) is 0 Å². The third kappa shape index (κ3) is 9.13. The lowest BCUT2D eigenvalue weighted by Crippen LogP contribution is -2.41. The highest BCUT2D eigenvalue weighted by atomic mass is 32.2. The summed E-state index contributed by atoms with van der Waals surface area (Å²) in [6, 6.07) is 0. The molecule has 152 valence electrons. The van der Waals surface area contributed by atoms with E-state index < -0.39 is 10.0 Å². The Morgan fingerprint density at radius 3 is 2.77 bits per heavy atom. The molecule has 0 radical (unpaired) electrons. The highest BCUT2D eigenvalue weighted by Crippen LogP contribution is 2.11. The molecule has 2 aliphatic rings. The Labute approximate surface area is 156 Å². The van der Waals surface area contributed by atoms with E-state index in [4.69, 9.17) is 15.2 Å². The van der Waals surface area contributed by atoms with Crippen molar-refractivity contribution in [1.29, 1.82) is 0 Å². The molecule has 0 aliphatic carbocycles. The van der Waals surface area contributed by atoms with Crippen LogP contribution in [0.2, 0.25) is 0 Å². The smallest absolute Gasteiger partial charge is 0.213 e. The van der Waals surface area contributed by atoms with Crippen molar-refractivity contribution in [1.82, 2.24) is 14.9 Å². The van der Waals surface area contributed by atoms with Gasteiger partial charge in [-0.1, -0.05) is 0 Å². The Bertz CT molecular complexity index is 517. The van der Waals surface area contributed by atoms with E-state index in [2.05, 4.69) is 19.9 Å². The molecule has 2 aliphatic heterocycles. The number of ether oxygens (including phenoxy) is 2. The topological polar surface area (TPSA) is 118 Å². The van der Waals surface area contributed by atoms with E-state index in [0.717, 1.165) is 58.5 Å². The van der Waals surface area contributed by atoms with E-state index in [-0.39, 0.29) is 24.4 Å². The molecule has 9 nitrogen and oxygen atoms in total. The average Bonchev–Trinajstić information content (AvgIpc) is 2.65. The van der Waals surface area contributed by atoms with Gasteiger partial charge in [0.1, 0.15) is 0 Å². The van der Waals surface area contributed by atoms with Gasteiger partial charge in [0, 0.05) is 45.9 Å². The molecule has 0 aromatic heterocycles. The number of morpholine rings is 1. The van der Waals surface area contributed by atoms with Crippen LogP contribution in [0.3, 0.4) is 0 Å². The lowest BCUT2D eigenvalue weighted by molar-refractivity contribution is 0.0200. The van der Waals surface area contributed by atoms with Gasteiger partial charge in [-0.2, -0.15) is 0 Å². The van der Waals surface area contributed by atoms with Crippen molar-refractivity contribution in [2.75, 3.05) is 64.8 Å². The van der Waals surface area contributed by atoms with E-state index in [1.807, 2.05) is 0 Å². The molecule has 1 atom stereocenters. The first-order valence-corrected chi connectivity index (χ1v) is 11.1. The molecule has 2 fully saturated rings. The fourth-order valence-corrected chi connectivity index (χ4v) is 3.90. The first-order valence-electron chi connectivity index (χ1n) is 9.48. The normalized spacial score (nSPS) is 23.1. The molecular weight excluding hydrogens is 358 g/mol. The second-order valence-corrected chi connectivity index (χ2v) is 8.58. The van der Waals surface area contributed by atoms with Crippen LogP contribution in [0.15, 0.2) is 4.99 Å². The summed E-state index contributed by atoms with van der Waals surface area (Å²) < 4.78 is 37.4. The Morgan fingerprint density at radius 2 is 2.04 bits per heavy atom. The van der Waals surface area contributed by atoms with Crippen LogP contribution < -0.4 is 15.8 Å². The number of sulfonamides is 1. The quantitative estimate of drug-likeness (QED) is 0.251. The van der Waals surface area contributed by atoms with Crippen molar-refractivity contribution in [3.05, 3.63) is 0 Å². The first-order chi connectivity index (χ1) is 12.6. The maximum absolute atomic E-state index is 12.0. The van der Waals surface area contributed by atoms with Gasteiger partial charge < -0.3 is 20.5 Å². The third-order valence-electron chi connectivity index (χ3n) is 4.50. The number of hydrogen-bond acceptors (Lipinski definition) is 6. The molecule has 10 heteroatoms. The van der Waals surface area contributed by atoms with Gasteiger partial charge in [0.2, 0.25) is 10.0 Å². The van der Waals surface area contributed by atoms with Crippen LogP contribution in [-0.4, -0.2) is 90.2 Å². The molecule has 2 heterocycles. The number of aliphatic imine (C=N–C) groups is 1. The third-order valence-corrected chi connectivity index (χ3v) is 5.85. The molecule has 2 rings (SSSR count). The zero-order valence-corrected chi connectivity index (χ0v) is 16.3. The molecule has 0 spiro atoms. The van der Waals surface area contributed by atoms with Crippen molar-refractivity contribution in [3.63, 3.8) is 0 Å². The van der Waals surface area contributed by atoms with Crippen LogP contribution in [0.1, 0.15) is 25.7 Å². The first kappa shape index (κ1) is 21.4. The van der Waals surface area contributed by atoms with Crippen molar-refractivity contribution >= 4 is 16.0 Å². The lowest BCUT2D eigenvalue weighted by Gasteiger charge is -2.26. The summed E-state index contributed by atoms with van der Waals surface area (Å²) in [6.07, 6.45) is 3.96. The average molecular weight is 392 g/mol. The summed E-state index contributed by atoms with van der Waals surface area (Å²) >= 11 is 0. The molecule has 0 bridgehead atoms. The number of guanidine groups is 1. The number of nitrogens with zero attached hydrogens (tertiary/aromatic N) is 2. The van der Waals surface area contributed by atoms with E-state index in [9.17, 15) is 8.42 Å². The van der Waals surface area contributed by atoms with E-state index in [0.29, 0.717) is 19.7 Å². The molecule has 26 heavy (non-hydrogen) atoms. The summed E-state index contributed by atoms with van der Waals surface area (Å²) in [5.74, 6) is 0.252. The summed E-state index contributed by atoms with van der Waals surface area (Å²) in [4.78, 5) is 6.58. The van der Waals surface area contributed by atoms with Crippen LogP contribution in [0.25, 0.3) is 0 Å². The van der Waals surface area contributed by atoms with Gasteiger partial charge in [-0.25, -0.2) is 13.1 Å². The van der Waals surface area contributed by atoms with E-state index >= 15 is 0 Å². The van der Waals surface area contributed by atoms with Gasteiger partial charge in [0.25, 0.3) is 0 Å². The zero-order chi connectivity index (χ0) is 18.7. The number of nitrogens with one attached hydrogen (secondary N) is 2. The predicted molar refractivity (Wildman–Crippen MR) is 102 cm³/mol. The molecule has 0 saturated carbocycles. The lowest BCUT2D eigenvalue weighted by atomic mass is 10.1. The highest BCUT2D eigenvalue weighted by Gasteiger charge is 2.17. The van der Waals surface area contributed by atoms with Crippen molar-refractivity contribution < 1.29 is 17.9 Å². The number of hydrogen-bond donors (Lipinski definition) is 3. The second-order valence-electron chi connectivity index (χ2n) is 6.66. The minimum atomic E-state index is -3.34. The fraction of sp³-hybridized carbons (Fsp3) is 0.938. The van der Waals surface area contributed by atoms with Crippen LogP contribution in [0.4, 0.5) is 0 Å². The predicted octanol–water partition coefficient (Wildman–Crippen LogP) is -0.898. The van der Waals surface area contributed by atoms with Crippen LogP contribution in [-0.2, 0) is 19.5 Å². The Hall–Kier alpha value is -0.940. The Kier molecular flexibility index (Phi) is 9.62. The van der Waals surface area contributed by atoms with Crippen LogP contribution >= 0.6 is 0 Å². The minimum Gasteiger partial charge on any atom is -0.379 e. The maximum atomic E-state index is 12.0. The minimum absolute atomic E-state index is 0.00965. The summed E-state index contributed by atoms with van der Waals surface area (Å²) in [6.45, 7) is 6.41. The van der Waals surface area contributed by atoms with Crippen molar-refractivity contribution in [2.45, 2.75) is 31.8 Å². The monoisotopic (exact) mass is 391 g/mol. The SMILES string of the molecule is NC(=NCCCN1CCOCC1)NCCS(=O)(=O)NCC1CCCCO1. The maximum Gasteiger partial charge on any atom is 0.213 e. The highest BCUT2D eigenvalue weighted by molar-refractivity contribution is 7.89. The van der Waals surface area contributed by atoms with Crippen LogP contribution in [0, 0.1) is 0 Å². The van der Waals surface area contributed by atoms with Crippen LogP contribution in [0.5, 0.6) is 0 Å². The second kappa shape index (κ2) is 11.7. The van der Waals surface area contributed by atoms with Crippen molar-refractivity contribution in [3.8, 4) is 0 Å². The molecule has 2 saturated heterocycles. The summed E-state index contributed by atoms with van der Waals surface area (Å²) in [5, 5.41) is 2.86. The fourth-order valence-electron chi connectivity index (χ4n) is 2.95. The van der Waals surface area contributed by atoms with Gasteiger partial charge in [-0.05, 0) is 25.7 Å².